The van der Waals surface area contributed by atoms with Crippen LogP contribution >= 0.6 is 0 Å². The van der Waals surface area contributed by atoms with E-state index in [2.05, 4.69) is 20.6 Å². The zero-order valence-electron chi connectivity index (χ0n) is 20.3. The maximum absolute atomic E-state index is 13.0. The Morgan fingerprint density at radius 2 is 1.64 bits per heavy atom. The molecule has 8 heteroatoms. The van der Waals surface area contributed by atoms with Gasteiger partial charge in [0.1, 0.15) is 5.82 Å². The highest BCUT2D eigenvalue weighted by Gasteiger charge is 2.19. The van der Waals surface area contributed by atoms with E-state index in [9.17, 15) is 14.4 Å². The first-order chi connectivity index (χ1) is 17.4. The number of fused-ring (bicyclic) bond motifs is 1. The molecular weight excluding hydrogens is 454 g/mol. The highest BCUT2D eigenvalue weighted by atomic mass is 16.2. The Balaban J connectivity index is 1.43. The van der Waals surface area contributed by atoms with Crippen molar-refractivity contribution < 1.29 is 9.59 Å². The van der Waals surface area contributed by atoms with Gasteiger partial charge in [-0.3, -0.25) is 19.3 Å². The van der Waals surface area contributed by atoms with E-state index in [4.69, 9.17) is 0 Å². The molecular formula is C28H29N5O3. The lowest BCUT2D eigenvalue weighted by Gasteiger charge is -2.25. The number of anilines is 1. The van der Waals surface area contributed by atoms with Gasteiger partial charge < -0.3 is 15.6 Å². The van der Waals surface area contributed by atoms with E-state index in [1.807, 2.05) is 55.1 Å². The summed E-state index contributed by atoms with van der Waals surface area (Å²) < 4.78 is 0. The summed E-state index contributed by atoms with van der Waals surface area (Å²) in [5.74, 6) is -0.0514. The molecule has 36 heavy (non-hydrogen) atoms. The van der Waals surface area contributed by atoms with Gasteiger partial charge in [-0.1, -0.05) is 54.6 Å². The molecule has 0 saturated heterocycles. The SMILES string of the molecule is CC(C)N(CC(=O)Nc1ccccc1C(=O)NCc1ccccc1)Cc1nc2ccccc2c(=O)[nH]1. The number of rotatable bonds is 9. The minimum Gasteiger partial charge on any atom is -0.348 e. The van der Waals surface area contributed by atoms with Crippen LogP contribution in [0.4, 0.5) is 5.69 Å². The summed E-state index contributed by atoms with van der Waals surface area (Å²) in [7, 11) is 0. The lowest BCUT2D eigenvalue weighted by atomic mass is 10.1. The standard InChI is InChI=1S/C28H29N5O3/c1-19(2)33(17-25-30-23-14-8-7-13-22(23)28(36)32-25)18-26(34)31-24-15-9-6-12-21(24)27(35)29-16-20-10-4-3-5-11-20/h3-15,19H,16-18H2,1-2H3,(H,29,35)(H,31,34)(H,30,32,36). The van der Waals surface area contributed by atoms with E-state index in [-0.39, 0.29) is 30.0 Å². The maximum Gasteiger partial charge on any atom is 0.258 e. The number of amides is 2. The van der Waals surface area contributed by atoms with Gasteiger partial charge in [0.2, 0.25) is 5.91 Å². The fourth-order valence-corrected chi connectivity index (χ4v) is 3.86. The summed E-state index contributed by atoms with van der Waals surface area (Å²) in [6.07, 6.45) is 0. The molecule has 0 aliphatic carbocycles. The van der Waals surface area contributed by atoms with E-state index in [1.165, 1.54) is 0 Å². The number of hydrogen-bond acceptors (Lipinski definition) is 5. The molecule has 4 aromatic rings. The van der Waals surface area contributed by atoms with Gasteiger partial charge >= 0.3 is 0 Å². The number of benzene rings is 3. The predicted octanol–water partition coefficient (Wildman–Crippen LogP) is 3.70. The van der Waals surface area contributed by atoms with Gasteiger partial charge in [0.05, 0.1) is 35.2 Å². The molecule has 3 N–H and O–H groups in total. The van der Waals surface area contributed by atoms with E-state index >= 15 is 0 Å². The molecule has 184 valence electrons. The van der Waals surface area contributed by atoms with Crippen molar-refractivity contribution in [2.75, 3.05) is 11.9 Å². The van der Waals surface area contributed by atoms with Crippen LogP contribution in [0.2, 0.25) is 0 Å². The smallest absolute Gasteiger partial charge is 0.258 e. The largest absolute Gasteiger partial charge is 0.348 e. The van der Waals surface area contributed by atoms with Crippen LogP contribution < -0.4 is 16.2 Å². The molecule has 0 radical (unpaired) electrons. The summed E-state index contributed by atoms with van der Waals surface area (Å²) in [4.78, 5) is 47.5. The van der Waals surface area contributed by atoms with Crippen LogP contribution in [-0.4, -0.2) is 39.3 Å². The lowest BCUT2D eigenvalue weighted by molar-refractivity contribution is -0.117. The Bertz CT molecular complexity index is 1420. The second-order valence-electron chi connectivity index (χ2n) is 8.79. The molecule has 0 spiro atoms. The number of nitrogens with one attached hydrogen (secondary N) is 3. The molecule has 1 heterocycles. The molecule has 1 aromatic heterocycles. The third kappa shape index (κ3) is 6.22. The summed E-state index contributed by atoms with van der Waals surface area (Å²) >= 11 is 0. The highest BCUT2D eigenvalue weighted by Crippen LogP contribution is 2.16. The fourth-order valence-electron chi connectivity index (χ4n) is 3.86. The molecule has 2 amide bonds. The van der Waals surface area contributed by atoms with Gasteiger partial charge in [0.25, 0.3) is 11.5 Å². The van der Waals surface area contributed by atoms with E-state index in [0.717, 1.165) is 5.56 Å². The molecule has 3 aromatic carbocycles. The molecule has 0 fully saturated rings. The van der Waals surface area contributed by atoms with Crippen molar-refractivity contribution in [2.24, 2.45) is 0 Å². The first-order valence-electron chi connectivity index (χ1n) is 11.8. The molecule has 0 aliphatic rings. The summed E-state index contributed by atoms with van der Waals surface area (Å²) in [5, 5.41) is 6.29. The lowest BCUT2D eigenvalue weighted by Crippen LogP contribution is -2.38. The van der Waals surface area contributed by atoms with E-state index in [0.29, 0.717) is 41.1 Å². The number of carbonyl (C=O) groups excluding carboxylic acids is 2. The maximum atomic E-state index is 13.0. The van der Waals surface area contributed by atoms with Crippen molar-refractivity contribution in [3.05, 3.63) is 106 Å². The van der Waals surface area contributed by atoms with Gasteiger partial charge in [-0.15, -0.1) is 0 Å². The third-order valence-electron chi connectivity index (χ3n) is 5.83. The normalized spacial score (nSPS) is 11.1. The Labute approximate surface area is 209 Å². The second kappa shape index (κ2) is 11.4. The van der Waals surface area contributed by atoms with Gasteiger partial charge in [0.15, 0.2) is 0 Å². The van der Waals surface area contributed by atoms with Gasteiger partial charge in [-0.05, 0) is 43.7 Å². The molecule has 0 bridgehead atoms. The Kier molecular flexibility index (Phi) is 7.87. The number of para-hydroxylation sites is 2. The van der Waals surface area contributed by atoms with Gasteiger partial charge in [0, 0.05) is 12.6 Å². The Morgan fingerprint density at radius 1 is 0.944 bits per heavy atom. The fraction of sp³-hybridized carbons (Fsp3) is 0.214. The monoisotopic (exact) mass is 483 g/mol. The minimum absolute atomic E-state index is 0.0111. The van der Waals surface area contributed by atoms with Crippen molar-refractivity contribution in [1.82, 2.24) is 20.2 Å². The van der Waals surface area contributed by atoms with E-state index < -0.39 is 0 Å². The van der Waals surface area contributed by atoms with Crippen LogP contribution in [0.5, 0.6) is 0 Å². The molecule has 4 rings (SSSR count). The van der Waals surface area contributed by atoms with Gasteiger partial charge in [-0.2, -0.15) is 0 Å². The highest BCUT2D eigenvalue weighted by molar-refractivity contribution is 6.04. The summed E-state index contributed by atoms with van der Waals surface area (Å²) in [6.45, 7) is 4.69. The van der Waals surface area contributed by atoms with Crippen LogP contribution in [0.25, 0.3) is 10.9 Å². The number of aromatic amines is 1. The number of nitrogens with zero attached hydrogens (tertiary/aromatic N) is 2. The van der Waals surface area contributed by atoms with Crippen LogP contribution in [0.1, 0.15) is 35.6 Å². The van der Waals surface area contributed by atoms with Crippen molar-refractivity contribution in [3.63, 3.8) is 0 Å². The Morgan fingerprint density at radius 3 is 2.42 bits per heavy atom. The average Bonchev–Trinajstić information content (AvgIpc) is 2.88. The molecule has 0 saturated carbocycles. The van der Waals surface area contributed by atoms with Crippen molar-refractivity contribution in [1.29, 1.82) is 0 Å². The first-order valence-corrected chi connectivity index (χ1v) is 11.8. The molecule has 0 atom stereocenters. The topological polar surface area (TPSA) is 107 Å². The molecule has 8 nitrogen and oxygen atoms in total. The number of carbonyl (C=O) groups is 2. The van der Waals surface area contributed by atoms with Gasteiger partial charge in [-0.25, -0.2) is 4.98 Å². The predicted molar refractivity (Wildman–Crippen MR) is 141 cm³/mol. The zero-order valence-corrected chi connectivity index (χ0v) is 20.3. The Hall–Kier alpha value is -4.30. The van der Waals surface area contributed by atoms with Crippen molar-refractivity contribution >= 4 is 28.4 Å². The van der Waals surface area contributed by atoms with Crippen molar-refractivity contribution in [2.45, 2.75) is 33.0 Å². The van der Waals surface area contributed by atoms with E-state index in [1.54, 1.807) is 42.5 Å². The van der Waals surface area contributed by atoms with Crippen molar-refractivity contribution in [3.8, 4) is 0 Å². The average molecular weight is 484 g/mol. The first kappa shape index (κ1) is 24.8. The van der Waals surface area contributed by atoms with Crippen LogP contribution in [0, 0.1) is 0 Å². The third-order valence-corrected chi connectivity index (χ3v) is 5.83. The number of H-pyrrole nitrogens is 1. The molecule has 0 aliphatic heterocycles. The minimum atomic E-state index is -0.270. The number of aromatic nitrogens is 2. The summed E-state index contributed by atoms with van der Waals surface area (Å²) in [5.41, 5.74) is 2.21. The van der Waals surface area contributed by atoms with Crippen LogP contribution in [-0.2, 0) is 17.9 Å². The van der Waals surface area contributed by atoms with Crippen LogP contribution in [0.3, 0.4) is 0 Å². The molecule has 0 unspecified atom stereocenters. The zero-order chi connectivity index (χ0) is 25.5. The number of hydrogen-bond donors (Lipinski definition) is 3. The summed E-state index contributed by atoms with van der Waals surface area (Å²) in [6, 6.07) is 23.7. The quantitative estimate of drug-likeness (QED) is 0.337. The second-order valence-corrected chi connectivity index (χ2v) is 8.79. The van der Waals surface area contributed by atoms with Crippen LogP contribution in [0.15, 0.2) is 83.7 Å².